The second-order valence-electron chi connectivity index (χ2n) is 2.23. The molecule has 1 aromatic rings. The molecule has 0 aromatic carbocycles. The van der Waals surface area contributed by atoms with Crippen LogP contribution in [0.15, 0.2) is 0 Å². The Balaban J connectivity index is 3.23. The number of methoxy groups -OCH3 is 1. The molecule has 1 aromatic heterocycles. The predicted molar refractivity (Wildman–Crippen MR) is 48.1 cm³/mol. The third-order valence-electron chi connectivity index (χ3n) is 1.35. The van der Waals surface area contributed by atoms with Crippen LogP contribution in [-0.4, -0.2) is 23.0 Å². The van der Waals surface area contributed by atoms with Crippen LogP contribution in [-0.2, 0) is 4.74 Å². The predicted octanol–water partition coefficient (Wildman–Crippen LogP) is 1.88. The van der Waals surface area contributed by atoms with E-state index in [9.17, 15) is 4.79 Å². The highest BCUT2D eigenvalue weighted by molar-refractivity contribution is 6.34. The van der Waals surface area contributed by atoms with E-state index in [1.54, 1.807) is 6.92 Å². The van der Waals surface area contributed by atoms with Crippen molar-refractivity contribution in [3.63, 3.8) is 0 Å². The van der Waals surface area contributed by atoms with E-state index in [0.29, 0.717) is 5.69 Å². The number of esters is 1. The average Bonchev–Trinajstić information content (AvgIpc) is 2.10. The van der Waals surface area contributed by atoms with Crippen LogP contribution in [0, 0.1) is 6.92 Å². The number of hydrogen-bond donors (Lipinski definition) is 0. The zero-order valence-electron chi connectivity index (χ0n) is 6.97. The van der Waals surface area contributed by atoms with Gasteiger partial charge in [-0.2, -0.15) is 0 Å². The van der Waals surface area contributed by atoms with Gasteiger partial charge in [-0.1, -0.05) is 23.2 Å². The summed E-state index contributed by atoms with van der Waals surface area (Å²) in [6.45, 7) is 1.62. The molecule has 0 unspecified atom stereocenters. The van der Waals surface area contributed by atoms with Crippen LogP contribution in [0.2, 0.25) is 10.3 Å². The van der Waals surface area contributed by atoms with Crippen molar-refractivity contribution >= 4 is 29.2 Å². The maximum atomic E-state index is 11.0. The molecule has 0 saturated heterocycles. The molecule has 6 heteroatoms. The molecule has 1 rings (SSSR count). The van der Waals surface area contributed by atoms with Gasteiger partial charge in [-0.25, -0.2) is 14.8 Å². The van der Waals surface area contributed by atoms with Gasteiger partial charge < -0.3 is 4.74 Å². The largest absolute Gasteiger partial charge is 0.464 e. The van der Waals surface area contributed by atoms with Crippen molar-refractivity contribution in [2.45, 2.75) is 6.92 Å². The molecule has 0 radical (unpaired) electrons. The molecular weight excluding hydrogens is 215 g/mol. The van der Waals surface area contributed by atoms with Crippen molar-refractivity contribution in [1.29, 1.82) is 0 Å². The first-order valence-corrected chi connectivity index (χ1v) is 4.09. The highest BCUT2D eigenvalue weighted by Gasteiger charge is 2.15. The molecule has 0 aliphatic carbocycles. The van der Waals surface area contributed by atoms with Gasteiger partial charge in [0.05, 0.1) is 12.8 Å². The van der Waals surface area contributed by atoms with E-state index in [-0.39, 0.29) is 16.0 Å². The molecular formula is C7H6Cl2N2O2. The van der Waals surface area contributed by atoms with Crippen LogP contribution in [0.4, 0.5) is 0 Å². The minimum Gasteiger partial charge on any atom is -0.464 e. The molecule has 4 nitrogen and oxygen atoms in total. The van der Waals surface area contributed by atoms with E-state index in [1.165, 1.54) is 7.11 Å². The molecule has 0 fully saturated rings. The van der Waals surface area contributed by atoms with Crippen LogP contribution >= 0.6 is 23.2 Å². The minimum atomic E-state index is -0.628. The van der Waals surface area contributed by atoms with Crippen molar-refractivity contribution in [2.75, 3.05) is 7.11 Å². The van der Waals surface area contributed by atoms with Gasteiger partial charge in [-0.05, 0) is 6.92 Å². The number of aromatic nitrogens is 2. The Morgan fingerprint density at radius 2 is 1.92 bits per heavy atom. The third kappa shape index (κ3) is 2.08. The van der Waals surface area contributed by atoms with Gasteiger partial charge in [0, 0.05) is 0 Å². The summed E-state index contributed by atoms with van der Waals surface area (Å²) in [5.74, 6) is -0.628. The lowest BCUT2D eigenvalue weighted by molar-refractivity contribution is 0.0593. The summed E-state index contributed by atoms with van der Waals surface area (Å²) >= 11 is 11.2. The lowest BCUT2D eigenvalue weighted by Gasteiger charge is -2.02. The van der Waals surface area contributed by atoms with Crippen LogP contribution in [0.3, 0.4) is 0 Å². The number of nitrogens with zero attached hydrogens (tertiary/aromatic N) is 2. The van der Waals surface area contributed by atoms with Crippen molar-refractivity contribution in [2.24, 2.45) is 0 Å². The highest BCUT2D eigenvalue weighted by atomic mass is 35.5. The smallest absolute Gasteiger partial charge is 0.359 e. The number of hydrogen-bond acceptors (Lipinski definition) is 4. The molecule has 70 valence electrons. The Hall–Kier alpha value is -0.870. The summed E-state index contributed by atoms with van der Waals surface area (Å²) in [7, 11) is 1.24. The molecule has 0 bridgehead atoms. The van der Waals surface area contributed by atoms with E-state index in [0.717, 1.165) is 0 Å². The zero-order chi connectivity index (χ0) is 10.0. The first-order chi connectivity index (χ1) is 6.06. The van der Waals surface area contributed by atoms with Crippen LogP contribution < -0.4 is 0 Å². The highest BCUT2D eigenvalue weighted by Crippen LogP contribution is 2.17. The SMILES string of the molecule is COC(=O)c1nc(C)c(Cl)nc1Cl. The van der Waals surface area contributed by atoms with Gasteiger partial charge >= 0.3 is 5.97 Å². The summed E-state index contributed by atoms with van der Waals surface area (Å²) in [6.07, 6.45) is 0. The lowest BCUT2D eigenvalue weighted by atomic mass is 10.4. The second kappa shape index (κ2) is 3.89. The minimum absolute atomic E-state index is 0.0222. The van der Waals surface area contributed by atoms with Crippen molar-refractivity contribution < 1.29 is 9.53 Å². The number of halogens is 2. The molecule has 0 aliphatic rings. The molecule has 0 spiro atoms. The summed E-state index contributed by atoms with van der Waals surface area (Å²) < 4.78 is 4.44. The third-order valence-corrected chi connectivity index (χ3v) is 1.97. The Morgan fingerprint density at radius 1 is 1.31 bits per heavy atom. The van der Waals surface area contributed by atoms with Crippen molar-refractivity contribution in [1.82, 2.24) is 9.97 Å². The summed E-state index contributed by atoms with van der Waals surface area (Å²) in [5.41, 5.74) is 0.414. The van der Waals surface area contributed by atoms with E-state index in [4.69, 9.17) is 23.2 Å². The first-order valence-electron chi connectivity index (χ1n) is 3.34. The molecule has 1 heterocycles. The Bertz CT molecular complexity index is 355. The molecule has 13 heavy (non-hydrogen) atoms. The number of aryl methyl sites for hydroxylation is 1. The van der Waals surface area contributed by atoms with Crippen molar-refractivity contribution in [3.05, 3.63) is 21.7 Å². The van der Waals surface area contributed by atoms with E-state index < -0.39 is 5.97 Å². The number of carbonyl (C=O) groups is 1. The molecule has 0 saturated carbocycles. The monoisotopic (exact) mass is 220 g/mol. The topological polar surface area (TPSA) is 52.1 Å². The van der Waals surface area contributed by atoms with E-state index in [2.05, 4.69) is 14.7 Å². The fourth-order valence-electron chi connectivity index (χ4n) is 0.707. The average molecular weight is 221 g/mol. The first kappa shape index (κ1) is 10.2. The molecule has 0 atom stereocenters. The van der Waals surface area contributed by atoms with Crippen molar-refractivity contribution in [3.8, 4) is 0 Å². The molecule has 0 amide bonds. The normalized spacial score (nSPS) is 9.85. The number of rotatable bonds is 1. The van der Waals surface area contributed by atoms with Crippen LogP contribution in [0.5, 0.6) is 0 Å². The summed E-state index contributed by atoms with van der Waals surface area (Å²) in [6, 6.07) is 0. The van der Waals surface area contributed by atoms with Crippen LogP contribution in [0.25, 0.3) is 0 Å². The maximum Gasteiger partial charge on any atom is 0.359 e. The number of ether oxygens (including phenoxy) is 1. The number of carbonyl (C=O) groups excluding carboxylic acids is 1. The fourth-order valence-corrected chi connectivity index (χ4v) is 1.08. The molecule has 0 N–H and O–H groups in total. The zero-order valence-corrected chi connectivity index (χ0v) is 8.48. The molecule has 0 aliphatic heterocycles. The van der Waals surface area contributed by atoms with Gasteiger partial charge in [-0.3, -0.25) is 0 Å². The lowest BCUT2D eigenvalue weighted by Crippen LogP contribution is -2.07. The van der Waals surface area contributed by atoms with Gasteiger partial charge in [0.2, 0.25) is 0 Å². The standard InChI is InChI=1S/C7H6Cl2N2O2/c1-3-5(8)11-6(9)4(10-3)7(12)13-2/h1-2H3. The Kier molecular flexibility index (Phi) is 3.06. The summed E-state index contributed by atoms with van der Waals surface area (Å²) in [5, 5.41) is 0.125. The van der Waals surface area contributed by atoms with Gasteiger partial charge in [-0.15, -0.1) is 0 Å². The van der Waals surface area contributed by atoms with Gasteiger partial charge in [0.25, 0.3) is 0 Å². The fraction of sp³-hybridized carbons (Fsp3) is 0.286. The Labute approximate surface area is 84.8 Å². The maximum absolute atomic E-state index is 11.0. The van der Waals surface area contributed by atoms with Gasteiger partial charge in [0.1, 0.15) is 0 Å². The Morgan fingerprint density at radius 3 is 2.46 bits per heavy atom. The van der Waals surface area contributed by atoms with E-state index >= 15 is 0 Å². The second-order valence-corrected chi connectivity index (χ2v) is 2.95. The quantitative estimate of drug-likeness (QED) is 0.679. The van der Waals surface area contributed by atoms with E-state index in [1.807, 2.05) is 0 Å². The van der Waals surface area contributed by atoms with Gasteiger partial charge in [0.15, 0.2) is 16.0 Å². The van der Waals surface area contributed by atoms with Crippen LogP contribution in [0.1, 0.15) is 16.2 Å². The summed E-state index contributed by atoms with van der Waals surface area (Å²) in [4.78, 5) is 18.6.